The smallest absolute Gasteiger partial charge is 0.799 e. The molecule has 0 radical (unpaired) electrons. The van der Waals surface area contributed by atoms with Crippen LogP contribution in [0.3, 0.4) is 0 Å². The predicted octanol–water partition coefficient (Wildman–Crippen LogP) is 1.09. The van der Waals surface area contributed by atoms with Crippen molar-refractivity contribution >= 4 is 29.5 Å². The maximum atomic E-state index is 10.9. The first kappa shape index (κ1) is 51.9. The summed E-state index contributed by atoms with van der Waals surface area (Å²) in [6.45, 7) is 13.2. The average Bonchev–Trinajstić information content (AvgIpc) is 2.88. The van der Waals surface area contributed by atoms with Crippen LogP contribution in [0, 0.1) is 23.7 Å². The van der Waals surface area contributed by atoms with E-state index in [1.54, 1.807) is 55.4 Å². The van der Waals surface area contributed by atoms with Crippen LogP contribution in [0.15, 0.2) is 0 Å². The molecule has 0 aliphatic heterocycles. The normalized spacial score (nSPS) is 19.5. The largest absolute Gasteiger partial charge is 4.00 e. The minimum atomic E-state index is -3.16. The Bertz CT molecular complexity index is 675. The maximum Gasteiger partial charge on any atom is 4.00 e. The molecule has 0 aliphatic rings. The number of hydrogen-bond acceptors (Lipinski definition) is 12. The number of aliphatic hydroxyl groups is 4. The van der Waals surface area contributed by atoms with E-state index in [9.17, 15) is 37.8 Å². The number of rotatable bonds is 16. The van der Waals surface area contributed by atoms with Crippen LogP contribution in [0.25, 0.3) is 0 Å². The summed E-state index contributed by atoms with van der Waals surface area (Å²) < 4.78 is 43.5. The molecule has 0 aromatic heterocycles. The first-order chi connectivity index (χ1) is 18.1. The van der Waals surface area contributed by atoms with Crippen molar-refractivity contribution in [1.82, 2.24) is 0 Å². The van der Waals surface area contributed by atoms with Gasteiger partial charge in [0.15, 0.2) is 0 Å². The summed E-state index contributed by atoms with van der Waals surface area (Å²) in [6.07, 6.45) is 1.27. The van der Waals surface area contributed by atoms with Gasteiger partial charge in [-0.05, 0) is 73.0 Å². The van der Waals surface area contributed by atoms with E-state index >= 15 is 0 Å². The van der Waals surface area contributed by atoms with E-state index in [1.165, 1.54) is 0 Å². The van der Waals surface area contributed by atoms with Crippen LogP contribution in [-0.2, 0) is 40.0 Å². The van der Waals surface area contributed by atoms with Crippen LogP contribution in [0.5, 0.6) is 0 Å². The zero-order chi connectivity index (χ0) is 32.8. The molecular formula is C24H56O12P4Ti. The van der Waals surface area contributed by atoms with Crippen LogP contribution in [-0.4, -0.2) is 96.1 Å². The second-order valence-corrected chi connectivity index (χ2v) is 20.9. The quantitative estimate of drug-likeness (QED) is 0.130. The van der Waals surface area contributed by atoms with Crippen molar-refractivity contribution < 1.29 is 80.0 Å². The molecule has 4 N–H and O–H groups in total. The molecule has 0 heterocycles. The van der Waals surface area contributed by atoms with Crippen LogP contribution >= 0.6 is 29.5 Å². The van der Waals surface area contributed by atoms with Crippen molar-refractivity contribution in [3.63, 3.8) is 0 Å². The molecule has 8 atom stereocenters. The maximum absolute atomic E-state index is 10.9. The fraction of sp³-hybridized carbons (Fsp3) is 1.00. The Morgan fingerprint density at radius 3 is 0.634 bits per heavy atom. The molecule has 0 spiro atoms. The molecule has 17 heteroatoms. The summed E-state index contributed by atoms with van der Waals surface area (Å²) in [6, 6.07) is 0. The second-order valence-electron chi connectivity index (χ2n) is 10.4. The molecule has 0 aliphatic carbocycles. The van der Waals surface area contributed by atoms with E-state index in [4.69, 9.17) is 20.4 Å². The molecule has 0 aromatic carbocycles. The van der Waals surface area contributed by atoms with Gasteiger partial charge < -0.3 is 58.3 Å². The van der Waals surface area contributed by atoms with Gasteiger partial charge in [-0.2, -0.15) is 0 Å². The van der Waals surface area contributed by atoms with Crippen molar-refractivity contribution in [2.45, 2.75) is 55.4 Å². The monoisotopic (exact) mass is 708 g/mol. The van der Waals surface area contributed by atoms with Crippen LogP contribution in [0.1, 0.15) is 55.4 Å². The van der Waals surface area contributed by atoms with E-state index < -0.39 is 29.5 Å². The molecule has 0 saturated carbocycles. The van der Waals surface area contributed by atoms with Gasteiger partial charge in [0.2, 0.25) is 0 Å². The zero-order valence-electron chi connectivity index (χ0n) is 26.1. The molecule has 0 fully saturated rings. The topological polar surface area (TPSA) is 241 Å². The average molecular weight is 708 g/mol. The van der Waals surface area contributed by atoms with Crippen molar-refractivity contribution in [1.29, 1.82) is 0 Å². The van der Waals surface area contributed by atoms with Gasteiger partial charge >= 0.3 is 21.7 Å². The third kappa shape index (κ3) is 37.4. The summed E-state index contributed by atoms with van der Waals surface area (Å²) in [4.78, 5) is 43.5. The fourth-order valence-electron chi connectivity index (χ4n) is 2.65. The van der Waals surface area contributed by atoms with Gasteiger partial charge in [-0.15, -0.1) is 0 Å². The minimum absolute atomic E-state index is 0. The Labute approximate surface area is 263 Å². The van der Waals surface area contributed by atoms with E-state index in [1.807, 2.05) is 0 Å². The first-order valence-electron chi connectivity index (χ1n) is 13.7. The Kier molecular flexibility index (Phi) is 34.9. The molecule has 0 rings (SSSR count). The summed E-state index contributed by atoms with van der Waals surface area (Å²) in [5.41, 5.74) is 0. The standard InChI is InChI=1S/4C6H15O3P.Ti/c4*1-3-10(8,9)5-6(2)4-7;/h4*6-7H,3-5H2,1-2H3,(H,8,9);/q;;;;+4/p-4. The van der Waals surface area contributed by atoms with Crippen LogP contribution in [0.2, 0.25) is 0 Å². The van der Waals surface area contributed by atoms with Crippen LogP contribution < -0.4 is 19.6 Å². The molecular weight excluding hydrogens is 652 g/mol. The predicted molar refractivity (Wildman–Crippen MR) is 157 cm³/mol. The Morgan fingerprint density at radius 2 is 0.561 bits per heavy atom. The SMILES string of the molecule is CCP(=O)([O-])CC(C)CO.CCP(=O)([O-])CC(C)CO.CCP(=O)([O-])CC(C)CO.CCP(=O)([O-])CC(C)CO.[Ti+4]. The van der Waals surface area contributed by atoms with Crippen molar-refractivity contribution in [2.75, 3.05) is 75.7 Å². The van der Waals surface area contributed by atoms with E-state index in [2.05, 4.69) is 0 Å². The molecule has 12 nitrogen and oxygen atoms in total. The summed E-state index contributed by atoms with van der Waals surface area (Å²) in [7, 11) is -12.6. The van der Waals surface area contributed by atoms with Crippen molar-refractivity contribution in [3.05, 3.63) is 0 Å². The Morgan fingerprint density at radius 1 is 0.439 bits per heavy atom. The summed E-state index contributed by atoms with van der Waals surface area (Å²) >= 11 is 0. The van der Waals surface area contributed by atoms with E-state index in [-0.39, 0.29) is 121 Å². The van der Waals surface area contributed by atoms with Gasteiger partial charge in [-0.25, -0.2) is 0 Å². The van der Waals surface area contributed by atoms with Crippen molar-refractivity contribution in [2.24, 2.45) is 23.7 Å². The summed E-state index contributed by atoms with van der Waals surface area (Å²) in [5.74, 6) is -0.488. The first-order valence-corrected chi connectivity index (χ1v) is 21.6. The number of hydrogen-bond donors (Lipinski definition) is 4. The molecule has 0 saturated heterocycles. The van der Waals surface area contributed by atoms with Gasteiger partial charge in [0.25, 0.3) is 0 Å². The second kappa shape index (κ2) is 27.6. The van der Waals surface area contributed by atoms with Gasteiger partial charge in [0, 0.05) is 55.9 Å². The Balaban J connectivity index is -0.000000139. The van der Waals surface area contributed by atoms with Gasteiger partial charge in [-0.1, -0.05) is 55.4 Å². The number of aliphatic hydroxyl groups excluding tert-OH is 4. The third-order valence-corrected chi connectivity index (χ3v) is 14.1. The molecule has 8 unspecified atom stereocenters. The minimum Gasteiger partial charge on any atom is -0.799 e. The van der Waals surface area contributed by atoms with Crippen molar-refractivity contribution in [3.8, 4) is 0 Å². The van der Waals surface area contributed by atoms with Gasteiger partial charge in [0.05, 0.1) is 0 Å². The van der Waals surface area contributed by atoms with E-state index in [0.29, 0.717) is 0 Å². The molecule has 248 valence electrons. The van der Waals surface area contributed by atoms with E-state index in [0.717, 1.165) is 0 Å². The third-order valence-electron chi connectivity index (χ3n) is 5.53. The molecule has 0 bridgehead atoms. The molecule has 41 heavy (non-hydrogen) atoms. The fourth-order valence-corrected chi connectivity index (χ4v) is 7.94. The summed E-state index contributed by atoms with van der Waals surface area (Å²) in [5, 5.41) is 34.1. The zero-order valence-corrected chi connectivity index (χ0v) is 31.3. The Hall–Kier alpha value is 1.31. The van der Waals surface area contributed by atoms with Gasteiger partial charge in [-0.3, -0.25) is 0 Å². The molecule has 0 amide bonds. The van der Waals surface area contributed by atoms with Crippen LogP contribution in [0.4, 0.5) is 0 Å². The van der Waals surface area contributed by atoms with Gasteiger partial charge in [0.1, 0.15) is 0 Å². The molecule has 0 aromatic rings.